The highest BCUT2D eigenvalue weighted by Crippen LogP contribution is 2.33. The molecule has 0 spiro atoms. The van der Waals surface area contributed by atoms with Crippen LogP contribution in [-0.4, -0.2) is 33.8 Å². The minimum absolute atomic E-state index is 0.111. The zero-order chi connectivity index (χ0) is 14.9. The lowest BCUT2D eigenvalue weighted by molar-refractivity contribution is -0.131. The molecule has 0 atom stereocenters. The van der Waals surface area contributed by atoms with Crippen molar-refractivity contribution in [3.05, 3.63) is 16.8 Å². The number of alkyl halides is 3. The second-order valence-electron chi connectivity index (χ2n) is 4.06. The number of nitrogens with zero attached hydrogens (tertiary/aromatic N) is 2. The third-order valence-corrected chi connectivity index (χ3v) is 3.81. The second kappa shape index (κ2) is 5.23. The van der Waals surface area contributed by atoms with Gasteiger partial charge < -0.3 is 10.4 Å². The molecular formula is C11H10F3N3O2S. The summed E-state index contributed by atoms with van der Waals surface area (Å²) in [4.78, 5) is 19.4. The Bertz CT molecular complexity index is 654. The van der Waals surface area contributed by atoms with E-state index in [1.807, 2.05) is 0 Å². The molecular weight excluding hydrogens is 295 g/mol. The topological polar surface area (TPSA) is 75.1 Å². The number of rotatable bonds is 4. The Balaban J connectivity index is 2.32. The fourth-order valence-corrected chi connectivity index (χ4v) is 2.72. The quantitative estimate of drug-likeness (QED) is 0.908. The molecule has 0 radical (unpaired) electrons. The Labute approximate surface area is 115 Å². The molecule has 0 saturated carbocycles. The highest BCUT2D eigenvalue weighted by Gasteiger charge is 2.26. The van der Waals surface area contributed by atoms with E-state index in [0.29, 0.717) is 15.8 Å². The molecule has 2 N–H and O–H groups in total. The summed E-state index contributed by atoms with van der Waals surface area (Å²) in [6.07, 6.45) is -4.05. The highest BCUT2D eigenvalue weighted by molar-refractivity contribution is 7.20. The van der Waals surface area contributed by atoms with Gasteiger partial charge in [0.2, 0.25) is 0 Å². The van der Waals surface area contributed by atoms with Crippen molar-refractivity contribution in [2.24, 2.45) is 0 Å². The summed E-state index contributed by atoms with van der Waals surface area (Å²) < 4.78 is 36.3. The first-order valence-corrected chi connectivity index (χ1v) is 6.39. The first-order chi connectivity index (χ1) is 9.29. The smallest absolute Gasteiger partial charge is 0.390 e. The van der Waals surface area contributed by atoms with Gasteiger partial charge in [0, 0.05) is 6.54 Å². The molecule has 2 heterocycles. The van der Waals surface area contributed by atoms with Crippen LogP contribution in [0.5, 0.6) is 0 Å². The SMILES string of the molecule is Cc1c(C(=O)O)sc2ncnc(NCCC(F)(F)F)c12. The highest BCUT2D eigenvalue weighted by atomic mass is 32.1. The van der Waals surface area contributed by atoms with Crippen molar-refractivity contribution >= 4 is 33.3 Å². The van der Waals surface area contributed by atoms with Gasteiger partial charge in [-0.2, -0.15) is 13.2 Å². The standard InChI is InChI=1S/C11H10F3N3O2S/c1-5-6-8(15-3-2-11(12,13)14)16-4-17-9(6)20-7(5)10(18)19/h4H,2-3H2,1H3,(H,18,19)(H,15,16,17). The maximum Gasteiger partial charge on any atom is 0.390 e. The third-order valence-electron chi connectivity index (χ3n) is 2.62. The van der Waals surface area contributed by atoms with Gasteiger partial charge in [0.05, 0.1) is 11.8 Å². The molecule has 0 saturated heterocycles. The van der Waals surface area contributed by atoms with Crippen molar-refractivity contribution < 1.29 is 23.1 Å². The third kappa shape index (κ3) is 2.98. The molecule has 2 aromatic heterocycles. The van der Waals surface area contributed by atoms with Crippen LogP contribution in [0.2, 0.25) is 0 Å². The summed E-state index contributed by atoms with van der Waals surface area (Å²) in [7, 11) is 0. The fourth-order valence-electron chi connectivity index (χ4n) is 1.73. The van der Waals surface area contributed by atoms with Crippen molar-refractivity contribution in [3.63, 3.8) is 0 Å². The van der Waals surface area contributed by atoms with Crippen LogP contribution in [0.25, 0.3) is 10.2 Å². The van der Waals surface area contributed by atoms with Gasteiger partial charge in [0.1, 0.15) is 21.9 Å². The number of aromatic nitrogens is 2. The van der Waals surface area contributed by atoms with Crippen molar-refractivity contribution in [2.45, 2.75) is 19.5 Å². The lowest BCUT2D eigenvalue weighted by Crippen LogP contribution is -2.15. The predicted molar refractivity (Wildman–Crippen MR) is 68.3 cm³/mol. The van der Waals surface area contributed by atoms with E-state index in [9.17, 15) is 18.0 Å². The molecule has 20 heavy (non-hydrogen) atoms. The second-order valence-corrected chi connectivity index (χ2v) is 5.05. The number of fused-ring (bicyclic) bond motifs is 1. The van der Waals surface area contributed by atoms with Gasteiger partial charge in [-0.25, -0.2) is 14.8 Å². The van der Waals surface area contributed by atoms with Crippen molar-refractivity contribution in [1.29, 1.82) is 0 Å². The van der Waals surface area contributed by atoms with E-state index in [1.165, 1.54) is 6.33 Å². The minimum atomic E-state index is -4.25. The van der Waals surface area contributed by atoms with Crippen LogP contribution in [0.4, 0.5) is 19.0 Å². The number of carbonyl (C=O) groups is 1. The lowest BCUT2D eigenvalue weighted by atomic mass is 10.2. The van der Waals surface area contributed by atoms with E-state index in [-0.39, 0.29) is 17.2 Å². The van der Waals surface area contributed by atoms with Gasteiger partial charge in [-0.3, -0.25) is 0 Å². The van der Waals surface area contributed by atoms with E-state index in [0.717, 1.165) is 11.3 Å². The lowest BCUT2D eigenvalue weighted by Gasteiger charge is -2.09. The fraction of sp³-hybridized carbons (Fsp3) is 0.364. The number of hydrogen-bond acceptors (Lipinski definition) is 5. The summed E-state index contributed by atoms with van der Waals surface area (Å²) in [5.74, 6) is -0.868. The zero-order valence-corrected chi connectivity index (χ0v) is 11.1. The molecule has 9 heteroatoms. The average Bonchev–Trinajstić information content (AvgIpc) is 2.66. The molecule has 0 bridgehead atoms. The van der Waals surface area contributed by atoms with Crippen molar-refractivity contribution in [2.75, 3.05) is 11.9 Å². The molecule has 2 aromatic rings. The summed E-state index contributed by atoms with van der Waals surface area (Å²) in [5, 5.41) is 12.1. The predicted octanol–water partition coefficient (Wildman–Crippen LogP) is 3.06. The normalized spacial score (nSPS) is 11.8. The summed E-state index contributed by atoms with van der Waals surface area (Å²) in [5.41, 5.74) is 0.451. The first-order valence-electron chi connectivity index (χ1n) is 5.57. The van der Waals surface area contributed by atoms with Gasteiger partial charge in [0.25, 0.3) is 0 Å². The molecule has 0 aromatic carbocycles. The Hall–Kier alpha value is -1.90. The van der Waals surface area contributed by atoms with E-state index < -0.39 is 18.6 Å². The number of nitrogens with one attached hydrogen (secondary N) is 1. The first kappa shape index (κ1) is 14.5. The zero-order valence-electron chi connectivity index (χ0n) is 10.3. The molecule has 0 aliphatic heterocycles. The molecule has 0 unspecified atom stereocenters. The molecule has 108 valence electrons. The van der Waals surface area contributed by atoms with Crippen molar-refractivity contribution in [3.8, 4) is 0 Å². The number of thiophene rings is 1. The van der Waals surface area contributed by atoms with E-state index in [4.69, 9.17) is 5.11 Å². The maximum atomic E-state index is 12.1. The molecule has 5 nitrogen and oxygen atoms in total. The number of carboxylic acid groups (broad SMARTS) is 1. The Morgan fingerprint density at radius 1 is 1.45 bits per heavy atom. The van der Waals surface area contributed by atoms with Gasteiger partial charge >= 0.3 is 12.1 Å². The van der Waals surface area contributed by atoms with E-state index in [2.05, 4.69) is 15.3 Å². The number of carboxylic acids is 1. The van der Waals surface area contributed by atoms with Crippen molar-refractivity contribution in [1.82, 2.24) is 9.97 Å². The number of halogens is 3. The minimum Gasteiger partial charge on any atom is -0.477 e. The van der Waals surface area contributed by atoms with E-state index >= 15 is 0 Å². The Morgan fingerprint density at radius 2 is 2.15 bits per heavy atom. The summed E-state index contributed by atoms with van der Waals surface area (Å²) in [6, 6.07) is 0. The van der Waals surface area contributed by atoms with Crippen LogP contribution < -0.4 is 5.32 Å². The molecule has 0 aliphatic carbocycles. The van der Waals surface area contributed by atoms with Crippen LogP contribution in [0.3, 0.4) is 0 Å². The largest absolute Gasteiger partial charge is 0.477 e. The summed E-state index contributed by atoms with van der Waals surface area (Å²) in [6.45, 7) is 1.26. The van der Waals surface area contributed by atoms with E-state index in [1.54, 1.807) is 6.92 Å². The monoisotopic (exact) mass is 305 g/mol. The van der Waals surface area contributed by atoms with Crippen LogP contribution >= 0.6 is 11.3 Å². The molecule has 0 amide bonds. The van der Waals surface area contributed by atoms with Crippen LogP contribution in [0.15, 0.2) is 6.33 Å². The van der Waals surface area contributed by atoms with Crippen LogP contribution in [-0.2, 0) is 0 Å². The number of hydrogen-bond donors (Lipinski definition) is 2. The van der Waals surface area contributed by atoms with Crippen LogP contribution in [0, 0.1) is 6.92 Å². The van der Waals surface area contributed by atoms with Gasteiger partial charge in [0.15, 0.2) is 0 Å². The molecule has 0 fully saturated rings. The van der Waals surface area contributed by atoms with Gasteiger partial charge in [-0.05, 0) is 12.5 Å². The van der Waals surface area contributed by atoms with Gasteiger partial charge in [-0.15, -0.1) is 11.3 Å². The Kier molecular flexibility index (Phi) is 3.80. The van der Waals surface area contributed by atoms with Gasteiger partial charge in [-0.1, -0.05) is 0 Å². The number of aromatic carboxylic acids is 1. The molecule has 2 rings (SSSR count). The van der Waals surface area contributed by atoms with Crippen LogP contribution in [0.1, 0.15) is 21.7 Å². The average molecular weight is 305 g/mol. The number of aryl methyl sites for hydroxylation is 1. The molecule has 0 aliphatic rings. The Morgan fingerprint density at radius 3 is 2.75 bits per heavy atom. The summed E-state index contributed by atoms with van der Waals surface area (Å²) >= 11 is 0.972. The maximum absolute atomic E-state index is 12.1. The number of anilines is 1.